The number of hydrogen-bond acceptors (Lipinski definition) is 5. The number of hydrogen-bond donors (Lipinski definition) is 2. The fourth-order valence-corrected chi connectivity index (χ4v) is 2.40. The third kappa shape index (κ3) is 3.75. The number of rotatable bonds is 4. The van der Waals surface area contributed by atoms with Gasteiger partial charge in [0.2, 0.25) is 0 Å². The third-order valence-corrected chi connectivity index (χ3v) is 3.84. The van der Waals surface area contributed by atoms with Crippen LogP contribution in [0.1, 0.15) is 19.4 Å². The van der Waals surface area contributed by atoms with Crippen molar-refractivity contribution in [2.24, 2.45) is 0 Å². The van der Waals surface area contributed by atoms with Crippen LogP contribution >= 0.6 is 0 Å². The molecule has 26 heavy (non-hydrogen) atoms. The van der Waals surface area contributed by atoms with Gasteiger partial charge in [0, 0.05) is 5.69 Å². The number of benzene rings is 2. The van der Waals surface area contributed by atoms with Gasteiger partial charge in [0.05, 0.1) is 17.3 Å². The van der Waals surface area contributed by atoms with E-state index in [2.05, 4.69) is 10.6 Å². The summed E-state index contributed by atoms with van der Waals surface area (Å²) < 4.78 is 11.1. The van der Waals surface area contributed by atoms with Crippen LogP contribution < -0.4 is 20.1 Å². The number of fused-ring (bicyclic) bond motifs is 1. The van der Waals surface area contributed by atoms with Gasteiger partial charge in [0.15, 0.2) is 12.2 Å². The van der Waals surface area contributed by atoms with Crippen molar-refractivity contribution in [3.05, 3.63) is 48.0 Å². The minimum absolute atomic E-state index is 0.238. The molecular formula is C19H17N3O4. The normalized spacial score (nSPS) is 16.3. The predicted octanol–water partition coefficient (Wildman–Crippen LogP) is 2.68. The van der Waals surface area contributed by atoms with Gasteiger partial charge in [-0.3, -0.25) is 9.59 Å². The predicted molar refractivity (Wildman–Crippen MR) is 95.0 cm³/mol. The van der Waals surface area contributed by atoms with Crippen molar-refractivity contribution in [1.82, 2.24) is 0 Å². The number of nitrogens with one attached hydrogen (secondary N) is 2. The Labute approximate surface area is 150 Å². The Morgan fingerprint density at radius 2 is 2.04 bits per heavy atom. The molecule has 0 bridgehead atoms. The van der Waals surface area contributed by atoms with Gasteiger partial charge in [-0.1, -0.05) is 0 Å². The Morgan fingerprint density at radius 3 is 2.73 bits per heavy atom. The highest BCUT2D eigenvalue weighted by molar-refractivity contribution is 5.99. The molecule has 0 unspecified atom stereocenters. The van der Waals surface area contributed by atoms with E-state index < -0.39 is 12.2 Å². The molecule has 1 aliphatic rings. The molecule has 132 valence electrons. The summed E-state index contributed by atoms with van der Waals surface area (Å²) in [4.78, 5) is 24.0. The first kappa shape index (κ1) is 17.3. The van der Waals surface area contributed by atoms with Crippen LogP contribution in [-0.4, -0.2) is 24.0 Å². The molecule has 2 amide bonds. The average molecular weight is 351 g/mol. The number of ether oxygens (including phenoxy) is 2. The van der Waals surface area contributed by atoms with Crippen molar-refractivity contribution in [2.45, 2.75) is 26.1 Å². The molecule has 0 spiro atoms. The van der Waals surface area contributed by atoms with Crippen molar-refractivity contribution in [3.8, 4) is 17.6 Å². The van der Waals surface area contributed by atoms with Crippen LogP contribution in [0.25, 0.3) is 0 Å². The molecule has 2 N–H and O–H groups in total. The number of nitriles is 1. The molecule has 0 saturated carbocycles. The Bertz CT molecular complexity index is 887. The van der Waals surface area contributed by atoms with E-state index in [1.165, 1.54) is 0 Å². The monoisotopic (exact) mass is 351 g/mol. The van der Waals surface area contributed by atoms with E-state index in [0.717, 1.165) is 0 Å². The topological polar surface area (TPSA) is 100 Å². The smallest absolute Gasteiger partial charge is 0.265 e. The van der Waals surface area contributed by atoms with Crippen LogP contribution in [0.3, 0.4) is 0 Å². The van der Waals surface area contributed by atoms with E-state index in [4.69, 9.17) is 14.7 Å². The van der Waals surface area contributed by atoms with Crippen molar-refractivity contribution < 1.29 is 19.1 Å². The second kappa shape index (κ2) is 7.15. The van der Waals surface area contributed by atoms with Gasteiger partial charge in [-0.05, 0) is 56.3 Å². The third-order valence-electron chi connectivity index (χ3n) is 3.84. The molecule has 2 aromatic rings. The molecule has 2 atom stereocenters. The maximum Gasteiger partial charge on any atom is 0.265 e. The van der Waals surface area contributed by atoms with Crippen LogP contribution in [0, 0.1) is 11.3 Å². The zero-order chi connectivity index (χ0) is 18.7. The molecule has 0 aromatic heterocycles. The maximum atomic E-state index is 12.3. The average Bonchev–Trinajstić information content (AvgIpc) is 2.63. The second-order valence-corrected chi connectivity index (χ2v) is 5.85. The molecule has 2 aromatic carbocycles. The van der Waals surface area contributed by atoms with E-state index in [1.807, 2.05) is 6.07 Å². The van der Waals surface area contributed by atoms with E-state index >= 15 is 0 Å². The highest BCUT2D eigenvalue weighted by Gasteiger charge is 2.24. The first-order valence-corrected chi connectivity index (χ1v) is 8.05. The van der Waals surface area contributed by atoms with Crippen LogP contribution in [0.2, 0.25) is 0 Å². The SMILES string of the molecule is C[C@@H](Oc1ccc(C#N)cc1)C(=O)Nc1ccc2c(c1)NC(=O)[C@@H](C)O2. The summed E-state index contributed by atoms with van der Waals surface area (Å²) >= 11 is 0. The summed E-state index contributed by atoms with van der Waals surface area (Å²) in [5, 5.41) is 14.3. The van der Waals surface area contributed by atoms with Crippen molar-refractivity contribution in [1.29, 1.82) is 5.26 Å². The van der Waals surface area contributed by atoms with Gasteiger partial charge in [0.1, 0.15) is 11.5 Å². The molecule has 7 nitrogen and oxygen atoms in total. The lowest BCUT2D eigenvalue weighted by molar-refractivity contribution is -0.123. The van der Waals surface area contributed by atoms with Gasteiger partial charge in [0.25, 0.3) is 11.8 Å². The first-order chi connectivity index (χ1) is 12.5. The summed E-state index contributed by atoms with van der Waals surface area (Å²) in [7, 11) is 0. The molecule has 0 radical (unpaired) electrons. The quantitative estimate of drug-likeness (QED) is 0.882. The van der Waals surface area contributed by atoms with E-state index in [-0.39, 0.29) is 11.8 Å². The lowest BCUT2D eigenvalue weighted by Gasteiger charge is -2.24. The summed E-state index contributed by atoms with van der Waals surface area (Å²) in [5.41, 5.74) is 1.54. The fraction of sp³-hybridized carbons (Fsp3) is 0.211. The Hall–Kier alpha value is -3.53. The lowest BCUT2D eigenvalue weighted by atomic mass is 10.2. The Morgan fingerprint density at radius 1 is 1.31 bits per heavy atom. The molecule has 0 fully saturated rings. The minimum atomic E-state index is -0.746. The van der Waals surface area contributed by atoms with E-state index in [1.54, 1.807) is 56.3 Å². The van der Waals surface area contributed by atoms with Crippen molar-refractivity contribution in [3.63, 3.8) is 0 Å². The van der Waals surface area contributed by atoms with Crippen LogP contribution in [0.5, 0.6) is 11.5 Å². The lowest BCUT2D eigenvalue weighted by Crippen LogP contribution is -2.34. The number of carbonyl (C=O) groups is 2. The van der Waals surface area contributed by atoms with Crippen LogP contribution in [-0.2, 0) is 9.59 Å². The summed E-state index contributed by atoms with van der Waals surface area (Å²) in [6.45, 7) is 3.29. The number of nitrogens with zero attached hydrogens (tertiary/aromatic N) is 1. The van der Waals surface area contributed by atoms with Gasteiger partial charge in [-0.15, -0.1) is 0 Å². The zero-order valence-electron chi connectivity index (χ0n) is 14.3. The zero-order valence-corrected chi connectivity index (χ0v) is 14.3. The van der Waals surface area contributed by atoms with Crippen LogP contribution in [0.15, 0.2) is 42.5 Å². The van der Waals surface area contributed by atoms with Crippen LogP contribution in [0.4, 0.5) is 11.4 Å². The maximum absolute atomic E-state index is 12.3. The molecular weight excluding hydrogens is 334 g/mol. The second-order valence-electron chi connectivity index (χ2n) is 5.85. The van der Waals surface area contributed by atoms with Gasteiger partial charge in [-0.2, -0.15) is 5.26 Å². The van der Waals surface area contributed by atoms with Gasteiger partial charge >= 0.3 is 0 Å². The number of carbonyl (C=O) groups excluding carboxylic acids is 2. The van der Waals surface area contributed by atoms with E-state index in [0.29, 0.717) is 28.4 Å². The Kier molecular flexibility index (Phi) is 4.76. The minimum Gasteiger partial charge on any atom is -0.481 e. The van der Waals surface area contributed by atoms with Gasteiger partial charge in [-0.25, -0.2) is 0 Å². The molecule has 1 aliphatic heterocycles. The molecule has 7 heteroatoms. The fourth-order valence-electron chi connectivity index (χ4n) is 2.40. The van der Waals surface area contributed by atoms with Crippen molar-refractivity contribution >= 4 is 23.2 Å². The summed E-state index contributed by atoms with van der Waals surface area (Å²) in [6, 6.07) is 13.5. The number of amides is 2. The molecule has 3 rings (SSSR count). The Balaban J connectivity index is 1.64. The standard InChI is InChI=1S/C19H17N3O4/c1-11(25-15-6-3-13(10-20)4-7-15)18(23)21-14-5-8-17-16(9-14)22-19(24)12(2)26-17/h3-9,11-12H,1-2H3,(H,21,23)(H,22,24)/t11-,12-/m1/s1. The van der Waals surface area contributed by atoms with Crippen molar-refractivity contribution in [2.75, 3.05) is 10.6 Å². The van der Waals surface area contributed by atoms with Gasteiger partial charge < -0.3 is 20.1 Å². The summed E-state index contributed by atoms with van der Waals surface area (Å²) in [6.07, 6.45) is -1.30. The molecule has 1 heterocycles. The largest absolute Gasteiger partial charge is 0.481 e. The molecule has 0 aliphatic carbocycles. The summed E-state index contributed by atoms with van der Waals surface area (Å²) in [5.74, 6) is 0.466. The van der Waals surface area contributed by atoms with E-state index in [9.17, 15) is 9.59 Å². The first-order valence-electron chi connectivity index (χ1n) is 8.05. The number of anilines is 2. The highest BCUT2D eigenvalue weighted by Crippen LogP contribution is 2.32. The molecule has 0 saturated heterocycles. The highest BCUT2D eigenvalue weighted by atomic mass is 16.5.